The van der Waals surface area contributed by atoms with Gasteiger partial charge in [-0.05, 0) is 128 Å². The highest BCUT2D eigenvalue weighted by Gasteiger charge is 2.34. The summed E-state index contributed by atoms with van der Waals surface area (Å²) in [5, 5.41) is 7.89. The molecule has 0 atom stereocenters. The first-order chi connectivity index (χ1) is 23.8. The van der Waals surface area contributed by atoms with E-state index in [9.17, 15) is 0 Å². The number of hydrogen-bond acceptors (Lipinski definition) is 0. The van der Waals surface area contributed by atoms with Crippen LogP contribution in [0.2, 0.25) is 0 Å². The van der Waals surface area contributed by atoms with E-state index in [1.807, 2.05) is 0 Å². The van der Waals surface area contributed by atoms with Crippen molar-refractivity contribution in [3.05, 3.63) is 170 Å². The van der Waals surface area contributed by atoms with Crippen LogP contribution in [0.3, 0.4) is 0 Å². The van der Waals surface area contributed by atoms with E-state index in [0.717, 1.165) is 0 Å². The second-order valence-corrected chi connectivity index (χ2v) is 13.2. The van der Waals surface area contributed by atoms with E-state index in [2.05, 4.69) is 170 Å². The lowest BCUT2D eigenvalue weighted by molar-refractivity contribution is 1.61. The Balaban J connectivity index is 1.30. The molecule has 9 aromatic carbocycles. The summed E-state index contributed by atoms with van der Waals surface area (Å²) in [5.74, 6) is 0. The molecular formula is C48H28. The third-order valence-corrected chi connectivity index (χ3v) is 10.7. The van der Waals surface area contributed by atoms with Crippen molar-refractivity contribution in [1.29, 1.82) is 0 Å². The van der Waals surface area contributed by atoms with Gasteiger partial charge in [0.2, 0.25) is 0 Å². The van der Waals surface area contributed by atoms with Crippen LogP contribution in [-0.4, -0.2) is 0 Å². The minimum Gasteiger partial charge on any atom is -0.0622 e. The SMILES string of the molecule is c1ccc(-c2ccc3c(c2)-c2ccc4c5c(ccc-3c25)-c2c-4c(-c3ccccc3)c3cc4ccccc4cc3c2-c2ccccc2)cc1. The summed E-state index contributed by atoms with van der Waals surface area (Å²) in [7, 11) is 0. The van der Waals surface area contributed by atoms with Crippen molar-refractivity contribution in [3.63, 3.8) is 0 Å². The molecular weight excluding hydrogens is 577 g/mol. The maximum atomic E-state index is 2.43. The first-order valence-electron chi connectivity index (χ1n) is 16.8. The maximum absolute atomic E-state index is 2.43. The number of hydrogen-bond donors (Lipinski definition) is 0. The van der Waals surface area contributed by atoms with Crippen molar-refractivity contribution in [2.45, 2.75) is 0 Å². The fourth-order valence-corrected chi connectivity index (χ4v) is 8.69. The van der Waals surface area contributed by atoms with Crippen LogP contribution in [0.5, 0.6) is 0 Å². The third kappa shape index (κ3) is 3.44. The summed E-state index contributed by atoms with van der Waals surface area (Å²) < 4.78 is 0. The summed E-state index contributed by atoms with van der Waals surface area (Å²) in [5.41, 5.74) is 18.4. The molecule has 0 bridgehead atoms. The summed E-state index contributed by atoms with van der Waals surface area (Å²) in [6, 6.07) is 63.1. The fourth-order valence-electron chi connectivity index (χ4n) is 8.69. The van der Waals surface area contributed by atoms with Gasteiger partial charge in [-0.3, -0.25) is 0 Å². The van der Waals surface area contributed by atoms with Crippen LogP contribution in [0.4, 0.5) is 0 Å². The van der Waals surface area contributed by atoms with Crippen molar-refractivity contribution < 1.29 is 0 Å². The Labute approximate surface area is 279 Å². The smallest absolute Gasteiger partial charge is 0.000740 e. The predicted molar refractivity (Wildman–Crippen MR) is 204 cm³/mol. The van der Waals surface area contributed by atoms with Gasteiger partial charge in [-0.2, -0.15) is 0 Å². The normalized spacial score (nSPS) is 12.2. The zero-order valence-corrected chi connectivity index (χ0v) is 26.2. The van der Waals surface area contributed by atoms with Gasteiger partial charge in [0.25, 0.3) is 0 Å². The molecule has 0 heteroatoms. The predicted octanol–water partition coefficient (Wildman–Crippen LogP) is 13.4. The van der Waals surface area contributed by atoms with Crippen LogP contribution in [0, 0.1) is 0 Å². The Morgan fingerprint density at radius 1 is 0.229 bits per heavy atom. The molecule has 11 rings (SSSR count). The average Bonchev–Trinajstić information content (AvgIpc) is 3.66. The second-order valence-electron chi connectivity index (χ2n) is 13.2. The molecule has 0 saturated carbocycles. The van der Waals surface area contributed by atoms with E-state index in [1.165, 1.54) is 110 Å². The molecule has 0 spiro atoms. The molecule has 2 aliphatic rings. The van der Waals surface area contributed by atoms with Gasteiger partial charge >= 0.3 is 0 Å². The zero-order chi connectivity index (χ0) is 31.3. The lowest BCUT2D eigenvalue weighted by Crippen LogP contribution is -1.94. The lowest BCUT2D eigenvalue weighted by atomic mass is 9.82. The Kier molecular flexibility index (Phi) is 5.20. The summed E-state index contributed by atoms with van der Waals surface area (Å²) in [6.45, 7) is 0. The highest BCUT2D eigenvalue weighted by molar-refractivity contribution is 6.32. The van der Waals surface area contributed by atoms with Crippen LogP contribution in [0.15, 0.2) is 170 Å². The van der Waals surface area contributed by atoms with Crippen LogP contribution in [0.1, 0.15) is 0 Å². The van der Waals surface area contributed by atoms with E-state index in [1.54, 1.807) is 0 Å². The summed E-state index contributed by atoms with van der Waals surface area (Å²) in [6.07, 6.45) is 0. The van der Waals surface area contributed by atoms with Crippen molar-refractivity contribution in [3.8, 4) is 77.9 Å². The van der Waals surface area contributed by atoms with Crippen LogP contribution in [-0.2, 0) is 0 Å². The number of fused-ring (bicyclic) bond motifs is 8. The highest BCUT2D eigenvalue weighted by Crippen LogP contribution is 2.61. The van der Waals surface area contributed by atoms with Crippen molar-refractivity contribution in [2.24, 2.45) is 0 Å². The molecule has 220 valence electrons. The number of benzene rings is 9. The van der Waals surface area contributed by atoms with Gasteiger partial charge in [-0.25, -0.2) is 0 Å². The summed E-state index contributed by atoms with van der Waals surface area (Å²) >= 11 is 0. The lowest BCUT2D eigenvalue weighted by Gasteiger charge is -2.21. The largest absolute Gasteiger partial charge is 0.0622 e. The summed E-state index contributed by atoms with van der Waals surface area (Å²) in [4.78, 5) is 0. The standard InChI is InChI=1S/C48H28/c1-4-12-29(13-5-1)34-20-21-35-36-22-24-38-46-39(25-23-37(45(36)46)40(35)26-34)48-44(31-16-8-3-9-17-31)42-28-33-19-11-10-18-32(33)27-41(42)43(47(38)48)30-14-6-2-7-15-30/h1-28H. The van der Waals surface area contributed by atoms with E-state index in [0.29, 0.717) is 0 Å². The van der Waals surface area contributed by atoms with Crippen molar-refractivity contribution >= 4 is 32.3 Å². The zero-order valence-electron chi connectivity index (χ0n) is 26.2. The quantitative estimate of drug-likeness (QED) is 0.176. The first-order valence-corrected chi connectivity index (χ1v) is 16.8. The molecule has 0 unspecified atom stereocenters. The molecule has 0 radical (unpaired) electrons. The van der Waals surface area contributed by atoms with Gasteiger partial charge in [0.05, 0.1) is 0 Å². The van der Waals surface area contributed by atoms with Crippen LogP contribution < -0.4 is 0 Å². The third-order valence-electron chi connectivity index (χ3n) is 10.7. The molecule has 0 aromatic heterocycles. The van der Waals surface area contributed by atoms with Gasteiger partial charge in [0.1, 0.15) is 0 Å². The Morgan fingerprint density at radius 2 is 0.646 bits per heavy atom. The monoisotopic (exact) mass is 604 g/mol. The molecule has 0 amide bonds. The van der Waals surface area contributed by atoms with Crippen molar-refractivity contribution in [2.75, 3.05) is 0 Å². The molecule has 9 aromatic rings. The van der Waals surface area contributed by atoms with Crippen LogP contribution in [0.25, 0.3) is 110 Å². The van der Waals surface area contributed by atoms with Crippen molar-refractivity contribution in [1.82, 2.24) is 0 Å². The van der Waals surface area contributed by atoms with E-state index in [-0.39, 0.29) is 0 Å². The van der Waals surface area contributed by atoms with Gasteiger partial charge in [0.15, 0.2) is 0 Å². The van der Waals surface area contributed by atoms with E-state index < -0.39 is 0 Å². The van der Waals surface area contributed by atoms with Gasteiger partial charge in [-0.15, -0.1) is 0 Å². The molecule has 48 heavy (non-hydrogen) atoms. The Morgan fingerprint density at radius 3 is 1.19 bits per heavy atom. The van der Waals surface area contributed by atoms with Gasteiger partial charge in [-0.1, -0.05) is 152 Å². The highest BCUT2D eigenvalue weighted by atomic mass is 14.4. The average molecular weight is 605 g/mol. The van der Waals surface area contributed by atoms with Gasteiger partial charge in [0, 0.05) is 0 Å². The topological polar surface area (TPSA) is 0 Å². The molecule has 2 aliphatic carbocycles. The van der Waals surface area contributed by atoms with E-state index in [4.69, 9.17) is 0 Å². The molecule has 0 nitrogen and oxygen atoms in total. The molecule has 0 heterocycles. The maximum Gasteiger partial charge on any atom is -0.000740 e. The first kappa shape index (κ1) is 25.9. The Hall–Kier alpha value is -6.24. The van der Waals surface area contributed by atoms with Crippen LogP contribution >= 0.6 is 0 Å². The molecule has 0 saturated heterocycles. The second kappa shape index (κ2) is 9.64. The molecule has 0 aliphatic heterocycles. The molecule has 0 N–H and O–H groups in total. The fraction of sp³-hybridized carbons (Fsp3) is 0. The van der Waals surface area contributed by atoms with E-state index >= 15 is 0 Å². The minimum absolute atomic E-state index is 1.25. The minimum atomic E-state index is 1.25. The molecule has 0 fully saturated rings. The van der Waals surface area contributed by atoms with Gasteiger partial charge < -0.3 is 0 Å². The number of rotatable bonds is 3. The Bertz CT molecular complexity index is 2680.